The van der Waals surface area contributed by atoms with Crippen LogP contribution in [0, 0.1) is 0 Å². The van der Waals surface area contributed by atoms with Gasteiger partial charge in [0, 0.05) is 12.7 Å². The van der Waals surface area contributed by atoms with Gasteiger partial charge >= 0.3 is 6.03 Å². The molecule has 1 aromatic carbocycles. The number of anilines is 1. The van der Waals surface area contributed by atoms with Gasteiger partial charge in [-0.05, 0) is 31.2 Å². The van der Waals surface area contributed by atoms with E-state index in [-0.39, 0.29) is 11.9 Å². The first-order valence-corrected chi connectivity index (χ1v) is 7.81. The Labute approximate surface area is 136 Å². The number of nitrogens with zero attached hydrogens (tertiary/aromatic N) is 1. The first-order valence-electron chi connectivity index (χ1n) is 7.81. The summed E-state index contributed by atoms with van der Waals surface area (Å²) in [5, 5.41) is 4.74. The van der Waals surface area contributed by atoms with Crippen molar-refractivity contribution in [2.45, 2.75) is 13.0 Å². The molecule has 1 aromatic rings. The molecular weight excluding hydrogens is 296 g/mol. The summed E-state index contributed by atoms with van der Waals surface area (Å²) in [6, 6.07) is 7.29. The smallest absolute Gasteiger partial charge is 0.321 e. The minimum absolute atomic E-state index is 0.239. The second-order valence-electron chi connectivity index (χ2n) is 5.63. The molecule has 1 saturated heterocycles. The number of piperazine rings is 1. The predicted octanol–water partition coefficient (Wildman–Crippen LogP) is -0.756. The molecule has 1 atom stereocenters. The first kappa shape index (κ1) is 17.1. The largest absolute Gasteiger partial charge is 0.497 e. The third-order valence-electron chi connectivity index (χ3n) is 4.31. The summed E-state index contributed by atoms with van der Waals surface area (Å²) < 4.78 is 5.17. The number of methoxy groups -OCH3 is 1. The number of hydrogen-bond acceptors (Lipinski definition) is 4. The van der Waals surface area contributed by atoms with Gasteiger partial charge in [-0.3, -0.25) is 10.1 Å². The molecule has 1 heterocycles. The van der Waals surface area contributed by atoms with Crippen LogP contribution in [-0.4, -0.2) is 58.3 Å². The molecule has 7 nitrogen and oxygen atoms in total. The molecule has 1 aliphatic heterocycles. The summed E-state index contributed by atoms with van der Waals surface area (Å²) in [4.78, 5) is 26.7. The van der Waals surface area contributed by atoms with Crippen molar-refractivity contribution in [1.29, 1.82) is 0 Å². The van der Waals surface area contributed by atoms with Crippen molar-refractivity contribution < 1.29 is 19.2 Å². The zero-order chi connectivity index (χ0) is 16.8. The lowest BCUT2D eigenvalue weighted by Gasteiger charge is -2.35. The minimum Gasteiger partial charge on any atom is -0.497 e. The number of quaternary nitrogens is 1. The lowest BCUT2D eigenvalue weighted by molar-refractivity contribution is -0.914. The van der Waals surface area contributed by atoms with Crippen molar-refractivity contribution >= 4 is 17.6 Å². The van der Waals surface area contributed by atoms with E-state index < -0.39 is 6.03 Å². The van der Waals surface area contributed by atoms with Crippen molar-refractivity contribution in [3.05, 3.63) is 24.3 Å². The highest BCUT2D eigenvalue weighted by molar-refractivity contribution is 5.96. The Balaban J connectivity index is 1.87. The van der Waals surface area contributed by atoms with Crippen molar-refractivity contribution in [3.63, 3.8) is 0 Å². The average Bonchev–Trinajstić information content (AvgIpc) is 2.61. The van der Waals surface area contributed by atoms with Crippen molar-refractivity contribution in [2.75, 3.05) is 45.2 Å². The fourth-order valence-electron chi connectivity index (χ4n) is 2.75. The van der Waals surface area contributed by atoms with Crippen LogP contribution in [0.5, 0.6) is 5.75 Å². The molecule has 1 aliphatic rings. The molecule has 23 heavy (non-hydrogen) atoms. The summed E-state index contributed by atoms with van der Waals surface area (Å²) in [6.07, 6.45) is 0. The normalized spacial score (nSPS) is 16.6. The van der Waals surface area contributed by atoms with Gasteiger partial charge in [-0.15, -0.1) is 0 Å². The number of urea groups is 1. The zero-order valence-corrected chi connectivity index (χ0v) is 13.9. The van der Waals surface area contributed by atoms with E-state index in [1.54, 1.807) is 7.11 Å². The van der Waals surface area contributed by atoms with Crippen LogP contribution < -0.4 is 25.2 Å². The van der Waals surface area contributed by atoms with Crippen molar-refractivity contribution in [1.82, 2.24) is 10.6 Å². The molecule has 0 spiro atoms. The molecule has 0 bridgehead atoms. The molecule has 1 fully saturated rings. The van der Waals surface area contributed by atoms with Crippen LogP contribution in [0.2, 0.25) is 0 Å². The number of benzene rings is 1. The molecule has 0 aromatic heterocycles. The van der Waals surface area contributed by atoms with Gasteiger partial charge in [0.2, 0.25) is 0 Å². The Hall–Kier alpha value is -2.28. The molecular formula is C16H25N4O3+. The van der Waals surface area contributed by atoms with E-state index in [0.29, 0.717) is 0 Å². The number of carbonyl (C=O) groups excluding carboxylic acids is 2. The highest BCUT2D eigenvalue weighted by atomic mass is 16.5. The maximum Gasteiger partial charge on any atom is 0.321 e. The number of imide groups is 1. The van der Waals surface area contributed by atoms with Crippen LogP contribution in [0.15, 0.2) is 24.3 Å². The van der Waals surface area contributed by atoms with Gasteiger partial charge in [0.1, 0.15) is 5.75 Å². The quantitative estimate of drug-likeness (QED) is 0.682. The topological polar surface area (TPSA) is 75.1 Å². The van der Waals surface area contributed by atoms with Crippen LogP contribution in [0.25, 0.3) is 0 Å². The Morgan fingerprint density at radius 3 is 2.35 bits per heavy atom. The van der Waals surface area contributed by atoms with Gasteiger partial charge in [-0.1, -0.05) is 0 Å². The number of hydrogen-bond donors (Lipinski definition) is 3. The monoisotopic (exact) mass is 321 g/mol. The van der Waals surface area contributed by atoms with E-state index in [9.17, 15) is 9.59 Å². The Bertz CT molecular complexity index is 539. The number of nitrogens with one attached hydrogen (secondary N) is 3. The Kier molecular flexibility index (Phi) is 5.81. The fourth-order valence-corrected chi connectivity index (χ4v) is 2.75. The SMILES string of the molecule is CNC(=O)NC(=O)[C@@H](C)[NH+]1CCN(c2ccc(OC)cc2)CC1. The molecule has 0 unspecified atom stereocenters. The lowest BCUT2D eigenvalue weighted by Crippen LogP contribution is -3.19. The number of carbonyl (C=O) groups is 2. The third kappa shape index (κ3) is 4.35. The highest BCUT2D eigenvalue weighted by Gasteiger charge is 2.29. The minimum atomic E-state index is -0.460. The Morgan fingerprint density at radius 1 is 1.22 bits per heavy atom. The van der Waals surface area contributed by atoms with Gasteiger partial charge in [-0.2, -0.15) is 0 Å². The highest BCUT2D eigenvalue weighted by Crippen LogP contribution is 2.18. The second-order valence-corrected chi connectivity index (χ2v) is 5.63. The molecule has 126 valence electrons. The maximum atomic E-state index is 12.0. The fraction of sp³-hybridized carbons (Fsp3) is 0.500. The average molecular weight is 321 g/mol. The summed E-state index contributed by atoms with van der Waals surface area (Å²) in [5.74, 6) is 0.606. The molecule has 3 N–H and O–H groups in total. The number of amides is 3. The maximum absolute atomic E-state index is 12.0. The predicted molar refractivity (Wildman–Crippen MR) is 88.0 cm³/mol. The summed E-state index contributed by atoms with van der Waals surface area (Å²) in [6.45, 7) is 5.32. The van der Waals surface area contributed by atoms with E-state index in [1.165, 1.54) is 11.9 Å². The van der Waals surface area contributed by atoms with Crippen LogP contribution in [0.3, 0.4) is 0 Å². The van der Waals surface area contributed by atoms with Crippen LogP contribution >= 0.6 is 0 Å². The Morgan fingerprint density at radius 2 is 1.83 bits per heavy atom. The van der Waals surface area contributed by atoms with Gasteiger partial charge in [0.05, 0.1) is 33.3 Å². The van der Waals surface area contributed by atoms with E-state index >= 15 is 0 Å². The van der Waals surface area contributed by atoms with Crippen molar-refractivity contribution in [2.24, 2.45) is 0 Å². The van der Waals surface area contributed by atoms with Crippen molar-refractivity contribution in [3.8, 4) is 5.75 Å². The van der Waals surface area contributed by atoms with Crippen LogP contribution in [0.1, 0.15) is 6.92 Å². The molecule has 7 heteroatoms. The summed E-state index contributed by atoms with van der Waals surface area (Å²) in [5.41, 5.74) is 1.16. The van der Waals surface area contributed by atoms with Crippen LogP contribution in [-0.2, 0) is 4.79 Å². The molecule has 3 amide bonds. The van der Waals surface area contributed by atoms with Gasteiger partial charge in [0.15, 0.2) is 6.04 Å². The first-order chi connectivity index (χ1) is 11.0. The van der Waals surface area contributed by atoms with E-state index in [0.717, 1.165) is 37.6 Å². The van der Waals surface area contributed by atoms with E-state index in [4.69, 9.17) is 4.74 Å². The molecule has 0 saturated carbocycles. The standard InChI is InChI=1S/C16H24N4O3/c1-12(15(21)18-16(22)17-2)19-8-10-20(11-9-19)13-4-6-14(23-3)7-5-13/h4-7,12H,8-11H2,1-3H3,(H2,17,18,21,22)/p+1/t12-/m1/s1. The third-order valence-corrected chi connectivity index (χ3v) is 4.31. The zero-order valence-electron chi connectivity index (χ0n) is 13.9. The molecule has 0 radical (unpaired) electrons. The number of rotatable bonds is 4. The van der Waals surface area contributed by atoms with Gasteiger partial charge in [0.25, 0.3) is 5.91 Å². The van der Waals surface area contributed by atoms with Gasteiger partial charge in [-0.25, -0.2) is 4.79 Å². The summed E-state index contributed by atoms with van der Waals surface area (Å²) >= 11 is 0. The summed E-state index contributed by atoms with van der Waals surface area (Å²) in [7, 11) is 3.15. The molecule has 0 aliphatic carbocycles. The van der Waals surface area contributed by atoms with E-state index in [2.05, 4.69) is 15.5 Å². The number of ether oxygens (including phenoxy) is 1. The van der Waals surface area contributed by atoms with Crippen LogP contribution in [0.4, 0.5) is 10.5 Å². The second kappa shape index (κ2) is 7.82. The lowest BCUT2D eigenvalue weighted by atomic mass is 10.2. The van der Waals surface area contributed by atoms with Gasteiger partial charge < -0.3 is 19.9 Å². The molecule has 2 rings (SSSR count). The van der Waals surface area contributed by atoms with E-state index in [1.807, 2.05) is 31.2 Å².